The Morgan fingerprint density at radius 1 is 1.21 bits per heavy atom. The number of hydrogen-bond donors (Lipinski definition) is 2. The van der Waals surface area contributed by atoms with Crippen molar-refractivity contribution in [3.63, 3.8) is 0 Å². The number of hydrogen-bond acceptors (Lipinski definition) is 3. The first-order valence-corrected chi connectivity index (χ1v) is 7.72. The van der Waals surface area contributed by atoms with E-state index in [1.165, 1.54) is 44.6 Å². The van der Waals surface area contributed by atoms with Crippen LogP contribution >= 0.6 is 0 Å². The van der Waals surface area contributed by atoms with E-state index < -0.39 is 11.7 Å². The van der Waals surface area contributed by atoms with Crippen LogP contribution < -0.4 is 0 Å². The van der Waals surface area contributed by atoms with E-state index >= 15 is 0 Å². The molecule has 0 unspecified atom stereocenters. The normalized spacial score (nSPS) is 27.5. The molecule has 1 fully saturated rings. The SMILES string of the molecule is CCCCCCCCC/C=C\[C@@]1(O)C(=O)CC[C@H]1O. The number of rotatable bonds is 9. The summed E-state index contributed by atoms with van der Waals surface area (Å²) in [4.78, 5) is 11.5. The third-order valence-electron chi connectivity index (χ3n) is 3.95. The first-order valence-electron chi connectivity index (χ1n) is 7.72. The maximum atomic E-state index is 11.5. The number of carbonyl (C=O) groups excluding carboxylic acids is 1. The van der Waals surface area contributed by atoms with Crippen LogP contribution in [-0.4, -0.2) is 27.7 Å². The molecule has 1 aliphatic carbocycles. The molecule has 1 rings (SSSR count). The standard InChI is InChI=1S/C16H28O3/c1-2-3-4-5-6-7-8-9-10-13-16(19)14(17)11-12-15(16)18/h10,13-14,17,19H,2-9,11-12H2,1H3/b13-10-/t14-,16+/m1/s1. The van der Waals surface area contributed by atoms with Gasteiger partial charge in [0, 0.05) is 6.42 Å². The number of aliphatic hydroxyl groups is 2. The first-order chi connectivity index (χ1) is 9.11. The van der Waals surface area contributed by atoms with Crippen molar-refractivity contribution in [2.24, 2.45) is 0 Å². The van der Waals surface area contributed by atoms with Crippen LogP contribution in [0.2, 0.25) is 0 Å². The highest BCUT2D eigenvalue weighted by molar-refractivity contribution is 5.92. The van der Waals surface area contributed by atoms with E-state index in [4.69, 9.17) is 0 Å². The molecule has 0 aromatic rings. The third kappa shape index (κ3) is 5.07. The topological polar surface area (TPSA) is 57.5 Å². The Morgan fingerprint density at radius 2 is 1.84 bits per heavy atom. The van der Waals surface area contributed by atoms with E-state index in [9.17, 15) is 15.0 Å². The molecule has 0 aliphatic heterocycles. The summed E-state index contributed by atoms with van der Waals surface area (Å²) in [5.41, 5.74) is -1.61. The zero-order valence-electron chi connectivity index (χ0n) is 12.1. The number of carbonyl (C=O) groups is 1. The molecule has 1 saturated carbocycles. The zero-order valence-corrected chi connectivity index (χ0v) is 12.1. The molecule has 3 nitrogen and oxygen atoms in total. The lowest BCUT2D eigenvalue weighted by atomic mass is 9.97. The van der Waals surface area contributed by atoms with Gasteiger partial charge < -0.3 is 10.2 Å². The molecular formula is C16H28O3. The van der Waals surface area contributed by atoms with Gasteiger partial charge in [0.15, 0.2) is 11.4 Å². The number of allylic oxidation sites excluding steroid dienone is 1. The molecule has 0 spiro atoms. The number of Topliss-reactive ketones (excluding diaryl/α,β-unsaturated/α-hetero) is 1. The summed E-state index contributed by atoms with van der Waals surface area (Å²) in [7, 11) is 0. The van der Waals surface area contributed by atoms with E-state index in [0.29, 0.717) is 6.42 Å². The lowest BCUT2D eigenvalue weighted by molar-refractivity contribution is -0.134. The average Bonchev–Trinajstić information content (AvgIpc) is 2.65. The Bertz CT molecular complexity index is 298. The van der Waals surface area contributed by atoms with Gasteiger partial charge >= 0.3 is 0 Å². The second-order valence-electron chi connectivity index (χ2n) is 5.62. The summed E-state index contributed by atoms with van der Waals surface area (Å²) in [5, 5.41) is 19.7. The van der Waals surface area contributed by atoms with E-state index in [2.05, 4.69) is 6.92 Å². The lowest BCUT2D eigenvalue weighted by Crippen LogP contribution is -2.41. The summed E-state index contributed by atoms with van der Waals surface area (Å²) >= 11 is 0. The van der Waals surface area contributed by atoms with E-state index in [1.807, 2.05) is 6.08 Å². The van der Waals surface area contributed by atoms with Gasteiger partial charge in [0.1, 0.15) is 0 Å². The van der Waals surface area contributed by atoms with Gasteiger partial charge in [0.25, 0.3) is 0 Å². The highest BCUT2D eigenvalue weighted by Gasteiger charge is 2.45. The van der Waals surface area contributed by atoms with Crippen molar-refractivity contribution in [2.75, 3.05) is 0 Å². The third-order valence-corrected chi connectivity index (χ3v) is 3.95. The minimum atomic E-state index is -1.61. The van der Waals surface area contributed by atoms with Crippen LogP contribution in [0.1, 0.15) is 71.1 Å². The summed E-state index contributed by atoms with van der Waals surface area (Å²) in [5.74, 6) is -0.254. The number of aliphatic hydroxyl groups excluding tert-OH is 1. The Balaban J connectivity index is 2.12. The van der Waals surface area contributed by atoms with Crippen LogP contribution in [-0.2, 0) is 4.79 Å². The van der Waals surface area contributed by atoms with Crippen molar-refractivity contribution in [3.8, 4) is 0 Å². The van der Waals surface area contributed by atoms with Crippen molar-refractivity contribution in [1.82, 2.24) is 0 Å². The Kier molecular flexibility index (Phi) is 7.32. The van der Waals surface area contributed by atoms with Gasteiger partial charge in [0.05, 0.1) is 6.10 Å². The summed E-state index contributed by atoms with van der Waals surface area (Å²) < 4.78 is 0. The van der Waals surface area contributed by atoms with Gasteiger partial charge in [0.2, 0.25) is 0 Å². The van der Waals surface area contributed by atoms with Crippen LogP contribution in [0.4, 0.5) is 0 Å². The molecule has 0 bridgehead atoms. The first kappa shape index (κ1) is 16.4. The smallest absolute Gasteiger partial charge is 0.171 e. The second-order valence-corrected chi connectivity index (χ2v) is 5.62. The van der Waals surface area contributed by atoms with Crippen LogP contribution in [0.25, 0.3) is 0 Å². The van der Waals surface area contributed by atoms with Crippen LogP contribution in [0.15, 0.2) is 12.2 Å². The predicted molar refractivity (Wildman–Crippen MR) is 76.9 cm³/mol. The quantitative estimate of drug-likeness (QED) is 0.499. The maximum absolute atomic E-state index is 11.5. The summed E-state index contributed by atoms with van der Waals surface area (Å²) in [6.45, 7) is 2.22. The van der Waals surface area contributed by atoms with Gasteiger partial charge in [-0.05, 0) is 25.3 Å². The molecule has 2 atom stereocenters. The molecule has 0 aromatic carbocycles. The Hall–Kier alpha value is -0.670. The Labute approximate surface area is 116 Å². The molecule has 1 aliphatic rings. The van der Waals surface area contributed by atoms with Crippen LogP contribution in [0.3, 0.4) is 0 Å². The second kappa shape index (κ2) is 8.49. The fourth-order valence-corrected chi connectivity index (χ4v) is 2.56. The minimum Gasteiger partial charge on any atom is -0.389 e. The minimum absolute atomic E-state index is 0.254. The van der Waals surface area contributed by atoms with Gasteiger partial charge in [-0.3, -0.25) is 4.79 Å². The number of unbranched alkanes of at least 4 members (excludes halogenated alkanes) is 7. The molecule has 3 heteroatoms. The molecule has 19 heavy (non-hydrogen) atoms. The molecule has 0 saturated heterocycles. The maximum Gasteiger partial charge on any atom is 0.171 e. The highest BCUT2D eigenvalue weighted by Crippen LogP contribution is 2.28. The lowest BCUT2D eigenvalue weighted by Gasteiger charge is -2.20. The van der Waals surface area contributed by atoms with Gasteiger partial charge in [-0.25, -0.2) is 0 Å². The summed E-state index contributed by atoms with van der Waals surface area (Å²) in [6, 6.07) is 0. The van der Waals surface area contributed by atoms with Gasteiger partial charge in [-0.2, -0.15) is 0 Å². The van der Waals surface area contributed by atoms with Gasteiger partial charge in [-0.15, -0.1) is 0 Å². The van der Waals surface area contributed by atoms with E-state index in [-0.39, 0.29) is 12.2 Å². The molecule has 2 N–H and O–H groups in total. The monoisotopic (exact) mass is 268 g/mol. The molecule has 0 radical (unpaired) electrons. The van der Waals surface area contributed by atoms with Crippen molar-refractivity contribution in [1.29, 1.82) is 0 Å². The van der Waals surface area contributed by atoms with Crippen LogP contribution in [0, 0.1) is 0 Å². The fourth-order valence-electron chi connectivity index (χ4n) is 2.56. The van der Waals surface area contributed by atoms with E-state index in [0.717, 1.165) is 12.8 Å². The molecule has 110 valence electrons. The van der Waals surface area contributed by atoms with Crippen LogP contribution in [0.5, 0.6) is 0 Å². The van der Waals surface area contributed by atoms with Crippen molar-refractivity contribution in [2.45, 2.75) is 82.8 Å². The van der Waals surface area contributed by atoms with E-state index in [1.54, 1.807) is 0 Å². The number of ketones is 1. The van der Waals surface area contributed by atoms with Crippen molar-refractivity contribution < 1.29 is 15.0 Å². The predicted octanol–water partition coefficient (Wildman–Crippen LogP) is 3.14. The summed E-state index contributed by atoms with van der Waals surface area (Å²) in [6.07, 6.45) is 12.7. The average molecular weight is 268 g/mol. The van der Waals surface area contributed by atoms with Crippen molar-refractivity contribution >= 4 is 5.78 Å². The molecule has 0 aromatic heterocycles. The largest absolute Gasteiger partial charge is 0.389 e. The molecule has 0 amide bonds. The van der Waals surface area contributed by atoms with Crippen molar-refractivity contribution in [3.05, 3.63) is 12.2 Å². The van der Waals surface area contributed by atoms with Gasteiger partial charge in [-0.1, -0.05) is 51.5 Å². The Morgan fingerprint density at radius 3 is 2.42 bits per heavy atom. The fraction of sp³-hybridized carbons (Fsp3) is 0.812. The molecular weight excluding hydrogens is 240 g/mol. The molecule has 0 heterocycles. The highest BCUT2D eigenvalue weighted by atomic mass is 16.4. The zero-order chi connectivity index (χ0) is 14.1.